The van der Waals surface area contributed by atoms with Gasteiger partial charge in [0.25, 0.3) is 0 Å². The highest BCUT2D eigenvalue weighted by Gasteiger charge is 2.36. The number of benzene rings is 1. The molecule has 1 saturated heterocycles. The molecule has 15 heavy (non-hydrogen) atoms. The van der Waals surface area contributed by atoms with Crippen LogP contribution in [0.1, 0.15) is 5.56 Å². The van der Waals surface area contributed by atoms with Gasteiger partial charge in [-0.2, -0.15) is 5.26 Å². The Hall–Kier alpha value is -1.93. The van der Waals surface area contributed by atoms with Crippen molar-refractivity contribution in [1.82, 2.24) is 0 Å². The highest BCUT2D eigenvalue weighted by Crippen LogP contribution is 2.26. The summed E-state index contributed by atoms with van der Waals surface area (Å²) in [5.41, 5.74) is 5.59. The van der Waals surface area contributed by atoms with Crippen LogP contribution in [-0.4, -0.2) is 18.5 Å². The first-order valence-electron chi connectivity index (χ1n) is 4.40. The Balaban J connectivity index is 2.42. The number of hydrogen-bond acceptors (Lipinski definition) is 3. The van der Waals surface area contributed by atoms with Gasteiger partial charge in [0.2, 0.25) is 5.91 Å². The molecule has 1 aromatic rings. The summed E-state index contributed by atoms with van der Waals surface area (Å²) in [6.45, 7) is 0.330. The number of β-lactam (4-membered cyclic amide) rings is 1. The number of nitrogens with zero attached hydrogens (tertiary/aromatic N) is 2. The molecule has 1 fully saturated rings. The van der Waals surface area contributed by atoms with Gasteiger partial charge in [0.15, 0.2) is 0 Å². The smallest absolute Gasteiger partial charge is 0.245 e. The molecule has 0 aromatic heterocycles. The van der Waals surface area contributed by atoms with Crippen LogP contribution < -0.4 is 10.6 Å². The van der Waals surface area contributed by atoms with Gasteiger partial charge in [-0.05, 0) is 12.1 Å². The molecule has 1 aliphatic rings. The highest BCUT2D eigenvalue weighted by molar-refractivity contribution is 6.04. The molecule has 1 heterocycles. The lowest BCUT2D eigenvalue weighted by atomic mass is 10.0. The fourth-order valence-corrected chi connectivity index (χ4v) is 1.52. The van der Waals surface area contributed by atoms with Gasteiger partial charge in [0.1, 0.15) is 23.5 Å². The van der Waals surface area contributed by atoms with Crippen LogP contribution in [0.2, 0.25) is 0 Å². The maximum atomic E-state index is 13.2. The van der Waals surface area contributed by atoms with E-state index in [1.807, 2.05) is 0 Å². The Morgan fingerprint density at radius 3 is 2.87 bits per heavy atom. The first kappa shape index (κ1) is 9.62. The summed E-state index contributed by atoms with van der Waals surface area (Å²) in [6, 6.07) is 5.39. The van der Waals surface area contributed by atoms with Crippen molar-refractivity contribution in [1.29, 1.82) is 5.26 Å². The summed E-state index contributed by atoms with van der Waals surface area (Å²) in [5.74, 6) is -0.902. The van der Waals surface area contributed by atoms with E-state index in [9.17, 15) is 9.18 Å². The number of halogens is 1. The number of anilines is 1. The minimum absolute atomic E-state index is 0.113. The molecule has 0 aliphatic carbocycles. The molecule has 76 valence electrons. The van der Waals surface area contributed by atoms with Crippen LogP contribution in [0.4, 0.5) is 10.1 Å². The maximum Gasteiger partial charge on any atom is 0.245 e. The summed E-state index contributed by atoms with van der Waals surface area (Å²) < 4.78 is 13.2. The first-order chi connectivity index (χ1) is 7.15. The van der Waals surface area contributed by atoms with E-state index in [-0.39, 0.29) is 11.5 Å². The van der Waals surface area contributed by atoms with Crippen molar-refractivity contribution in [2.24, 2.45) is 5.73 Å². The summed E-state index contributed by atoms with van der Waals surface area (Å²) in [7, 11) is 0. The lowest BCUT2D eigenvalue weighted by Crippen LogP contribution is -2.61. The van der Waals surface area contributed by atoms with Crippen LogP contribution in [0.3, 0.4) is 0 Å². The molecule has 5 heteroatoms. The van der Waals surface area contributed by atoms with Crippen molar-refractivity contribution in [3.8, 4) is 6.07 Å². The number of amides is 1. The molecular weight excluding hydrogens is 197 g/mol. The molecule has 2 rings (SSSR count). The summed E-state index contributed by atoms with van der Waals surface area (Å²) in [6.07, 6.45) is 0. The van der Waals surface area contributed by atoms with Gasteiger partial charge >= 0.3 is 0 Å². The number of hydrogen-bond donors (Lipinski definition) is 1. The zero-order valence-corrected chi connectivity index (χ0v) is 7.77. The Morgan fingerprint density at radius 2 is 2.33 bits per heavy atom. The van der Waals surface area contributed by atoms with Crippen LogP contribution in [-0.2, 0) is 4.79 Å². The third-order valence-corrected chi connectivity index (χ3v) is 2.36. The van der Waals surface area contributed by atoms with E-state index in [2.05, 4.69) is 0 Å². The van der Waals surface area contributed by atoms with Crippen molar-refractivity contribution in [3.63, 3.8) is 0 Å². The fraction of sp³-hybridized carbons (Fsp3) is 0.200. The van der Waals surface area contributed by atoms with Crippen molar-refractivity contribution in [3.05, 3.63) is 29.6 Å². The average molecular weight is 205 g/mol. The molecule has 1 aromatic carbocycles. The van der Waals surface area contributed by atoms with Gasteiger partial charge in [0.05, 0.1) is 12.2 Å². The van der Waals surface area contributed by atoms with Crippen molar-refractivity contribution < 1.29 is 9.18 Å². The van der Waals surface area contributed by atoms with E-state index < -0.39 is 11.9 Å². The summed E-state index contributed by atoms with van der Waals surface area (Å²) in [5, 5.41) is 8.76. The highest BCUT2D eigenvalue weighted by atomic mass is 19.1. The van der Waals surface area contributed by atoms with E-state index in [1.54, 1.807) is 6.07 Å². The number of rotatable bonds is 1. The van der Waals surface area contributed by atoms with Gasteiger partial charge in [-0.15, -0.1) is 0 Å². The average Bonchev–Trinajstić information content (AvgIpc) is 2.25. The summed E-state index contributed by atoms with van der Waals surface area (Å²) in [4.78, 5) is 12.6. The predicted molar refractivity (Wildman–Crippen MR) is 51.4 cm³/mol. The third kappa shape index (κ3) is 1.35. The Kier molecular flexibility index (Phi) is 2.14. The molecule has 2 N–H and O–H groups in total. The van der Waals surface area contributed by atoms with Crippen LogP contribution in [0.15, 0.2) is 18.2 Å². The van der Waals surface area contributed by atoms with Crippen LogP contribution in [0.25, 0.3) is 0 Å². The second kappa shape index (κ2) is 3.33. The molecule has 1 aliphatic heterocycles. The lowest BCUT2D eigenvalue weighted by Gasteiger charge is -2.36. The minimum Gasteiger partial charge on any atom is -0.318 e. The first-order valence-corrected chi connectivity index (χ1v) is 4.40. The van der Waals surface area contributed by atoms with Gasteiger partial charge in [0, 0.05) is 0 Å². The molecule has 0 saturated carbocycles. The number of nitrogens with two attached hydrogens (primary N) is 1. The predicted octanol–water partition coefficient (Wildman–Crippen LogP) is 0.371. The molecule has 1 amide bonds. The lowest BCUT2D eigenvalue weighted by molar-refractivity contribution is -0.123. The monoisotopic (exact) mass is 205 g/mol. The molecule has 0 radical (unpaired) electrons. The largest absolute Gasteiger partial charge is 0.318 e. The van der Waals surface area contributed by atoms with Crippen molar-refractivity contribution in [2.45, 2.75) is 6.04 Å². The van der Waals surface area contributed by atoms with Gasteiger partial charge in [-0.3, -0.25) is 4.79 Å². The Bertz CT molecular complexity index is 466. The van der Waals surface area contributed by atoms with Gasteiger partial charge < -0.3 is 10.6 Å². The van der Waals surface area contributed by atoms with E-state index >= 15 is 0 Å². The van der Waals surface area contributed by atoms with Crippen LogP contribution in [0.5, 0.6) is 0 Å². The number of carbonyl (C=O) groups excluding carboxylic acids is 1. The number of carbonyl (C=O) groups is 1. The van der Waals surface area contributed by atoms with Gasteiger partial charge in [-0.25, -0.2) is 4.39 Å². The van der Waals surface area contributed by atoms with E-state index in [1.165, 1.54) is 23.1 Å². The van der Waals surface area contributed by atoms with E-state index in [4.69, 9.17) is 11.0 Å². The molecular formula is C10H8FN3O. The second-order valence-electron chi connectivity index (χ2n) is 3.30. The van der Waals surface area contributed by atoms with Crippen LogP contribution in [0, 0.1) is 17.1 Å². The SMILES string of the molecule is N#Cc1c(F)cccc1N1CC(N)C1=O. The number of nitriles is 1. The van der Waals surface area contributed by atoms with Crippen LogP contribution >= 0.6 is 0 Å². The Morgan fingerprint density at radius 1 is 1.60 bits per heavy atom. The standard InChI is InChI=1S/C10H8FN3O/c11-7-2-1-3-9(6(7)4-12)14-5-8(13)10(14)15/h1-3,8H,5,13H2. The zero-order chi connectivity index (χ0) is 11.0. The molecule has 1 atom stereocenters. The summed E-state index contributed by atoms with van der Waals surface area (Å²) >= 11 is 0. The van der Waals surface area contributed by atoms with Gasteiger partial charge in [-0.1, -0.05) is 6.07 Å². The molecule has 4 nitrogen and oxygen atoms in total. The normalized spacial score (nSPS) is 19.7. The third-order valence-electron chi connectivity index (χ3n) is 2.36. The van der Waals surface area contributed by atoms with Crippen molar-refractivity contribution >= 4 is 11.6 Å². The Labute approximate surface area is 85.7 Å². The molecule has 0 spiro atoms. The molecule has 0 bridgehead atoms. The fourth-order valence-electron chi connectivity index (χ4n) is 1.52. The van der Waals surface area contributed by atoms with Crippen molar-refractivity contribution in [2.75, 3.05) is 11.4 Å². The maximum absolute atomic E-state index is 13.2. The minimum atomic E-state index is -0.622. The van der Waals surface area contributed by atoms with E-state index in [0.29, 0.717) is 12.2 Å². The molecule has 1 unspecified atom stereocenters. The zero-order valence-electron chi connectivity index (χ0n) is 7.77. The second-order valence-corrected chi connectivity index (χ2v) is 3.30. The topological polar surface area (TPSA) is 70.1 Å². The van der Waals surface area contributed by atoms with E-state index in [0.717, 1.165) is 0 Å². The quantitative estimate of drug-likeness (QED) is 0.673.